The van der Waals surface area contributed by atoms with Crippen molar-refractivity contribution in [3.8, 4) is 5.75 Å². The van der Waals surface area contributed by atoms with Crippen LogP contribution in [0.2, 0.25) is 0 Å². The Morgan fingerprint density at radius 3 is 3.00 bits per heavy atom. The molecule has 4 rings (SSSR count). The quantitative estimate of drug-likeness (QED) is 0.833. The number of nitrogens with zero attached hydrogens (tertiary/aromatic N) is 1. The summed E-state index contributed by atoms with van der Waals surface area (Å²) in [5, 5.41) is 0. The molecule has 1 saturated heterocycles. The van der Waals surface area contributed by atoms with Gasteiger partial charge in [0.25, 0.3) is 0 Å². The van der Waals surface area contributed by atoms with Gasteiger partial charge in [0, 0.05) is 18.0 Å². The monoisotopic (exact) mass is 271 g/mol. The zero-order chi connectivity index (χ0) is 13.9. The zero-order valence-electron chi connectivity index (χ0n) is 12.9. The lowest BCUT2D eigenvalue weighted by molar-refractivity contribution is 0.213. The molecule has 3 aliphatic rings. The average Bonchev–Trinajstić information content (AvgIpc) is 2.99. The van der Waals surface area contributed by atoms with Crippen molar-refractivity contribution in [2.24, 2.45) is 11.8 Å². The number of fused-ring (bicyclic) bond motifs is 3. The number of hydrogen-bond donors (Lipinski definition) is 0. The molecule has 1 saturated carbocycles. The summed E-state index contributed by atoms with van der Waals surface area (Å²) in [6.07, 6.45) is 5.29. The Morgan fingerprint density at radius 1 is 1.40 bits per heavy atom. The fourth-order valence-electron chi connectivity index (χ4n) is 5.30. The average molecular weight is 271 g/mol. The summed E-state index contributed by atoms with van der Waals surface area (Å²) in [5.74, 6) is 2.85. The van der Waals surface area contributed by atoms with Crippen LogP contribution in [0.5, 0.6) is 5.75 Å². The van der Waals surface area contributed by atoms with E-state index < -0.39 is 0 Å². The van der Waals surface area contributed by atoms with Crippen LogP contribution in [-0.2, 0) is 11.8 Å². The molecule has 1 aromatic rings. The van der Waals surface area contributed by atoms with Crippen LogP contribution >= 0.6 is 0 Å². The first kappa shape index (κ1) is 12.7. The van der Waals surface area contributed by atoms with Gasteiger partial charge in [-0.1, -0.05) is 25.8 Å². The van der Waals surface area contributed by atoms with Crippen molar-refractivity contribution in [3.63, 3.8) is 0 Å². The molecule has 1 aromatic carbocycles. The van der Waals surface area contributed by atoms with E-state index in [1.54, 1.807) is 18.2 Å². The van der Waals surface area contributed by atoms with Crippen LogP contribution < -0.4 is 4.74 Å². The molecule has 108 valence electrons. The highest BCUT2D eigenvalue weighted by Gasteiger charge is 2.73. The molecular formula is C18H25NO. The molecule has 2 nitrogen and oxygen atoms in total. The maximum absolute atomic E-state index is 5.49. The van der Waals surface area contributed by atoms with Gasteiger partial charge >= 0.3 is 0 Å². The molecule has 0 unspecified atom stereocenters. The highest BCUT2D eigenvalue weighted by molar-refractivity contribution is 5.52. The summed E-state index contributed by atoms with van der Waals surface area (Å²) in [5.41, 5.74) is 3.71. The highest BCUT2D eigenvalue weighted by atomic mass is 16.5. The van der Waals surface area contributed by atoms with Gasteiger partial charge in [0.05, 0.1) is 7.11 Å². The summed E-state index contributed by atoms with van der Waals surface area (Å²) < 4.78 is 5.49. The Morgan fingerprint density at radius 2 is 2.25 bits per heavy atom. The van der Waals surface area contributed by atoms with Crippen molar-refractivity contribution >= 4 is 0 Å². The second kappa shape index (κ2) is 4.24. The van der Waals surface area contributed by atoms with Gasteiger partial charge < -0.3 is 9.64 Å². The van der Waals surface area contributed by atoms with E-state index in [1.165, 1.54) is 32.2 Å². The molecule has 1 heterocycles. The lowest BCUT2D eigenvalue weighted by Crippen LogP contribution is -2.41. The maximum atomic E-state index is 5.49. The Labute approximate surface area is 122 Å². The van der Waals surface area contributed by atoms with Crippen LogP contribution in [0.1, 0.15) is 37.3 Å². The van der Waals surface area contributed by atoms with Crippen LogP contribution in [0.15, 0.2) is 18.2 Å². The van der Waals surface area contributed by atoms with Crippen LogP contribution in [-0.4, -0.2) is 31.6 Å². The summed E-state index contributed by atoms with van der Waals surface area (Å²) in [4.78, 5) is 2.60. The first-order valence-electron chi connectivity index (χ1n) is 8.10. The van der Waals surface area contributed by atoms with Gasteiger partial charge in [-0.3, -0.25) is 0 Å². The third kappa shape index (κ3) is 1.43. The minimum Gasteiger partial charge on any atom is -0.497 e. The number of piperidine rings is 1. The van der Waals surface area contributed by atoms with Crippen LogP contribution in [0, 0.1) is 11.8 Å². The molecular weight excluding hydrogens is 246 g/mol. The number of likely N-dealkylation sites (tertiary alicyclic amines) is 1. The van der Waals surface area contributed by atoms with E-state index in [9.17, 15) is 0 Å². The number of rotatable bonds is 4. The van der Waals surface area contributed by atoms with Crippen molar-refractivity contribution in [2.75, 3.05) is 20.7 Å². The van der Waals surface area contributed by atoms with Crippen LogP contribution in [0.3, 0.4) is 0 Å². The van der Waals surface area contributed by atoms with Gasteiger partial charge in [0.1, 0.15) is 5.75 Å². The summed E-state index contributed by atoms with van der Waals surface area (Å²) in [6.45, 7) is 3.61. The number of likely N-dealkylation sites (N-methyl/N-ethyl adjacent to an activating group) is 1. The second-order valence-electron chi connectivity index (χ2n) is 7.01. The highest BCUT2D eigenvalue weighted by Crippen LogP contribution is 2.71. The Hall–Kier alpha value is -1.02. The normalized spacial score (nSPS) is 37.5. The molecule has 0 spiro atoms. The number of methoxy groups -OCH3 is 1. The lowest BCUT2D eigenvalue weighted by atomic mass is 9.75. The molecule has 2 heteroatoms. The fourth-order valence-corrected chi connectivity index (χ4v) is 5.30. The maximum Gasteiger partial charge on any atom is 0.119 e. The molecule has 2 aliphatic carbocycles. The number of benzene rings is 1. The second-order valence-corrected chi connectivity index (χ2v) is 7.01. The molecule has 2 fully saturated rings. The van der Waals surface area contributed by atoms with Gasteiger partial charge in [-0.25, -0.2) is 0 Å². The fraction of sp³-hybridized carbons (Fsp3) is 0.667. The van der Waals surface area contributed by atoms with Crippen LogP contribution in [0.25, 0.3) is 0 Å². The van der Waals surface area contributed by atoms with E-state index in [0.717, 1.165) is 23.6 Å². The van der Waals surface area contributed by atoms with Crippen molar-refractivity contribution in [2.45, 2.75) is 44.1 Å². The first-order valence-corrected chi connectivity index (χ1v) is 8.10. The van der Waals surface area contributed by atoms with Gasteiger partial charge in [-0.2, -0.15) is 0 Å². The Bertz CT molecular complexity index is 540. The van der Waals surface area contributed by atoms with Crippen molar-refractivity contribution in [3.05, 3.63) is 29.3 Å². The van der Waals surface area contributed by atoms with E-state index in [2.05, 4.69) is 37.1 Å². The molecule has 4 atom stereocenters. The molecule has 0 radical (unpaired) electrons. The minimum absolute atomic E-state index is 0.495. The molecule has 20 heavy (non-hydrogen) atoms. The van der Waals surface area contributed by atoms with E-state index in [-0.39, 0.29) is 0 Å². The zero-order valence-corrected chi connectivity index (χ0v) is 12.9. The van der Waals surface area contributed by atoms with E-state index in [0.29, 0.717) is 5.41 Å². The van der Waals surface area contributed by atoms with E-state index in [4.69, 9.17) is 4.74 Å². The van der Waals surface area contributed by atoms with E-state index >= 15 is 0 Å². The molecule has 1 aliphatic heterocycles. The van der Waals surface area contributed by atoms with Gasteiger partial charge in [-0.05, 0) is 55.0 Å². The largest absolute Gasteiger partial charge is 0.497 e. The lowest BCUT2D eigenvalue weighted by Gasteiger charge is -2.37. The van der Waals surface area contributed by atoms with Crippen molar-refractivity contribution < 1.29 is 4.74 Å². The Balaban J connectivity index is 1.79. The molecule has 0 amide bonds. The predicted octanol–water partition coefficient (Wildman–Crippen LogP) is 3.24. The molecule has 0 aromatic heterocycles. The van der Waals surface area contributed by atoms with Crippen LogP contribution in [0.4, 0.5) is 0 Å². The van der Waals surface area contributed by atoms with Gasteiger partial charge in [0.15, 0.2) is 0 Å². The predicted molar refractivity (Wildman–Crippen MR) is 81.3 cm³/mol. The topological polar surface area (TPSA) is 12.5 Å². The van der Waals surface area contributed by atoms with Gasteiger partial charge in [0.2, 0.25) is 0 Å². The molecule has 0 N–H and O–H groups in total. The summed E-state index contributed by atoms with van der Waals surface area (Å²) in [6, 6.07) is 7.60. The first-order chi connectivity index (χ1) is 9.72. The Kier molecular flexibility index (Phi) is 2.69. The number of unbranched alkanes of at least 4 members (excludes halogenated alkanes) is 1. The van der Waals surface area contributed by atoms with Crippen molar-refractivity contribution in [1.29, 1.82) is 0 Å². The summed E-state index contributed by atoms with van der Waals surface area (Å²) >= 11 is 0. The number of ether oxygens (including phenoxy) is 1. The van der Waals surface area contributed by atoms with Gasteiger partial charge in [-0.15, -0.1) is 0 Å². The molecule has 0 bridgehead atoms. The minimum atomic E-state index is 0.495. The van der Waals surface area contributed by atoms with Crippen molar-refractivity contribution in [1.82, 2.24) is 4.90 Å². The standard InChI is InChI=1S/C18H25NO/c1-4-5-8-18-14-10-13(20-3)7-6-12(14)9-16-17(18)15(18)11-19(16)2/h6-7,10,15-17H,4-5,8-9,11H2,1-3H3/t15-,16-,17+,18-/m0/s1. The third-order valence-electron chi connectivity index (χ3n) is 6.24. The number of hydrogen-bond acceptors (Lipinski definition) is 2. The van der Waals surface area contributed by atoms with E-state index in [1.807, 2.05) is 0 Å². The third-order valence-corrected chi connectivity index (χ3v) is 6.24. The smallest absolute Gasteiger partial charge is 0.119 e. The SMILES string of the molecule is CCCC[C@@]12c3cc(OC)ccc3C[C@H]3[C@H]1[C@@H]2CN3C. The summed E-state index contributed by atoms with van der Waals surface area (Å²) in [7, 11) is 4.10.